The highest BCUT2D eigenvalue weighted by Crippen LogP contribution is 2.32. The summed E-state index contributed by atoms with van der Waals surface area (Å²) in [5, 5.41) is 3.52. The third-order valence-corrected chi connectivity index (χ3v) is 3.67. The second-order valence-corrected chi connectivity index (χ2v) is 4.51. The molecule has 0 spiro atoms. The minimum atomic E-state index is 0.554. The highest BCUT2D eigenvalue weighted by molar-refractivity contribution is 4.92. The van der Waals surface area contributed by atoms with E-state index in [2.05, 4.69) is 31.8 Å². The lowest BCUT2D eigenvalue weighted by molar-refractivity contribution is 0.239. The first kappa shape index (κ1) is 11.8. The molecule has 0 amide bonds. The van der Waals surface area contributed by atoms with Crippen LogP contribution in [0.4, 0.5) is 0 Å². The summed E-state index contributed by atoms with van der Waals surface area (Å²) in [6.07, 6.45) is 9.10. The topological polar surface area (TPSA) is 12.0 Å². The van der Waals surface area contributed by atoms with Crippen LogP contribution >= 0.6 is 0 Å². The molecule has 0 heterocycles. The van der Waals surface area contributed by atoms with E-state index in [1.54, 1.807) is 0 Å². The fourth-order valence-corrected chi connectivity index (χ4v) is 2.63. The molecular formula is C13H25N. The van der Waals surface area contributed by atoms with Crippen molar-refractivity contribution in [3.63, 3.8) is 0 Å². The lowest BCUT2D eigenvalue weighted by Gasteiger charge is -2.32. The maximum Gasteiger partial charge on any atom is 0.0275 e. The van der Waals surface area contributed by atoms with Crippen LogP contribution < -0.4 is 5.32 Å². The van der Waals surface area contributed by atoms with Crippen molar-refractivity contribution in [3.8, 4) is 0 Å². The highest BCUT2D eigenvalue weighted by Gasteiger charge is 2.24. The van der Waals surface area contributed by atoms with Crippen LogP contribution in [0.25, 0.3) is 0 Å². The molecule has 1 atom stereocenters. The summed E-state index contributed by atoms with van der Waals surface area (Å²) in [7, 11) is 0. The van der Waals surface area contributed by atoms with Crippen molar-refractivity contribution >= 4 is 0 Å². The summed E-state index contributed by atoms with van der Waals surface area (Å²) in [6.45, 7) is 9.49. The largest absolute Gasteiger partial charge is 0.311 e. The van der Waals surface area contributed by atoms with Gasteiger partial charge in [0.15, 0.2) is 0 Å². The molecular weight excluding hydrogens is 170 g/mol. The van der Waals surface area contributed by atoms with Gasteiger partial charge in [0.1, 0.15) is 0 Å². The Morgan fingerprint density at radius 3 is 2.36 bits per heavy atom. The zero-order chi connectivity index (χ0) is 10.4. The van der Waals surface area contributed by atoms with Gasteiger partial charge >= 0.3 is 0 Å². The first-order valence-corrected chi connectivity index (χ1v) is 6.17. The van der Waals surface area contributed by atoms with E-state index in [4.69, 9.17) is 0 Å². The number of hydrogen-bond acceptors (Lipinski definition) is 1. The van der Waals surface area contributed by atoms with Crippen LogP contribution in [-0.4, -0.2) is 12.6 Å². The molecule has 1 saturated carbocycles. The van der Waals surface area contributed by atoms with Gasteiger partial charge in [0.25, 0.3) is 0 Å². The van der Waals surface area contributed by atoms with Crippen LogP contribution in [0, 0.1) is 11.8 Å². The zero-order valence-electron chi connectivity index (χ0n) is 9.76. The van der Waals surface area contributed by atoms with Crippen molar-refractivity contribution in [3.05, 3.63) is 12.7 Å². The summed E-state index contributed by atoms with van der Waals surface area (Å²) in [5.41, 5.74) is 0. The Labute approximate surface area is 89.0 Å². The van der Waals surface area contributed by atoms with Crippen molar-refractivity contribution in [2.75, 3.05) is 6.54 Å². The van der Waals surface area contributed by atoms with E-state index >= 15 is 0 Å². The third-order valence-electron chi connectivity index (χ3n) is 3.67. The molecule has 14 heavy (non-hydrogen) atoms. The summed E-state index contributed by atoms with van der Waals surface area (Å²) < 4.78 is 0. The third kappa shape index (κ3) is 3.13. The van der Waals surface area contributed by atoms with Gasteiger partial charge < -0.3 is 5.32 Å². The van der Waals surface area contributed by atoms with Crippen LogP contribution in [0.3, 0.4) is 0 Å². The maximum absolute atomic E-state index is 3.93. The van der Waals surface area contributed by atoms with Gasteiger partial charge in [-0.15, -0.1) is 6.58 Å². The minimum absolute atomic E-state index is 0.554. The quantitative estimate of drug-likeness (QED) is 0.663. The number of rotatable bonds is 5. The second kappa shape index (κ2) is 6.23. The van der Waals surface area contributed by atoms with Gasteiger partial charge in [-0.2, -0.15) is 0 Å². The van der Waals surface area contributed by atoms with E-state index in [1.165, 1.54) is 32.1 Å². The molecule has 0 aliphatic heterocycles. The van der Waals surface area contributed by atoms with Gasteiger partial charge in [-0.1, -0.05) is 39.2 Å². The van der Waals surface area contributed by atoms with Gasteiger partial charge in [-0.3, -0.25) is 0 Å². The molecule has 1 fully saturated rings. The summed E-state index contributed by atoms with van der Waals surface area (Å²) >= 11 is 0. The Morgan fingerprint density at radius 2 is 1.93 bits per heavy atom. The molecule has 1 aliphatic rings. The lowest BCUT2D eigenvalue weighted by atomic mass is 9.77. The Bertz CT molecular complexity index is 157. The average Bonchev–Trinajstić information content (AvgIpc) is 2.26. The normalized spacial score (nSPS) is 29.9. The summed E-state index contributed by atoms with van der Waals surface area (Å²) in [6, 6.07) is 0.554. The molecule has 82 valence electrons. The number of hydrogen-bond donors (Lipinski definition) is 1. The zero-order valence-corrected chi connectivity index (χ0v) is 9.76. The molecule has 1 heteroatoms. The highest BCUT2D eigenvalue weighted by atomic mass is 14.9. The first-order valence-electron chi connectivity index (χ1n) is 6.17. The van der Waals surface area contributed by atoms with E-state index < -0.39 is 0 Å². The molecule has 0 radical (unpaired) electrons. The Balaban J connectivity index is 2.35. The molecule has 1 unspecified atom stereocenters. The Kier molecular flexibility index (Phi) is 5.24. The second-order valence-electron chi connectivity index (χ2n) is 4.51. The number of nitrogens with one attached hydrogen (secondary N) is 1. The lowest BCUT2D eigenvalue weighted by Crippen LogP contribution is -2.36. The summed E-state index contributed by atoms with van der Waals surface area (Å²) in [5.74, 6) is 1.84. The van der Waals surface area contributed by atoms with Crippen molar-refractivity contribution in [2.45, 2.75) is 52.0 Å². The molecule has 0 aromatic rings. The van der Waals surface area contributed by atoms with Crippen LogP contribution in [-0.2, 0) is 0 Å². The van der Waals surface area contributed by atoms with E-state index in [0.29, 0.717) is 6.04 Å². The van der Waals surface area contributed by atoms with Gasteiger partial charge in [0.2, 0.25) is 0 Å². The average molecular weight is 195 g/mol. The smallest absolute Gasteiger partial charge is 0.0275 e. The molecule has 1 N–H and O–H groups in total. The van der Waals surface area contributed by atoms with Gasteiger partial charge in [-0.25, -0.2) is 0 Å². The van der Waals surface area contributed by atoms with Crippen LogP contribution in [0.5, 0.6) is 0 Å². The van der Waals surface area contributed by atoms with E-state index in [1.807, 2.05) is 0 Å². The molecule has 1 nitrogen and oxygen atoms in total. The fraction of sp³-hybridized carbons (Fsp3) is 0.846. The van der Waals surface area contributed by atoms with E-state index in [0.717, 1.165) is 18.4 Å². The standard InChI is InChI=1S/C13H25N/c1-4-11-7-9-12(10-8-11)13(5-2)14-6-3/h5,11-14H,2,4,6-10H2,1,3H3. The Hall–Kier alpha value is -0.300. The molecule has 0 aromatic carbocycles. The molecule has 1 rings (SSSR count). The van der Waals surface area contributed by atoms with Crippen molar-refractivity contribution in [2.24, 2.45) is 11.8 Å². The molecule has 0 bridgehead atoms. The van der Waals surface area contributed by atoms with Crippen LogP contribution in [0.2, 0.25) is 0 Å². The summed E-state index contributed by atoms with van der Waals surface area (Å²) in [4.78, 5) is 0. The first-order chi connectivity index (χ1) is 6.81. The monoisotopic (exact) mass is 195 g/mol. The maximum atomic E-state index is 3.93. The van der Waals surface area contributed by atoms with Crippen LogP contribution in [0.15, 0.2) is 12.7 Å². The number of likely N-dealkylation sites (N-methyl/N-ethyl adjacent to an activating group) is 1. The van der Waals surface area contributed by atoms with E-state index in [9.17, 15) is 0 Å². The van der Waals surface area contributed by atoms with Crippen molar-refractivity contribution in [1.29, 1.82) is 0 Å². The van der Waals surface area contributed by atoms with Gasteiger partial charge in [0.05, 0.1) is 0 Å². The molecule has 1 aliphatic carbocycles. The molecule has 0 aromatic heterocycles. The fourth-order valence-electron chi connectivity index (χ4n) is 2.63. The van der Waals surface area contributed by atoms with E-state index in [-0.39, 0.29) is 0 Å². The predicted molar refractivity (Wildman–Crippen MR) is 63.4 cm³/mol. The minimum Gasteiger partial charge on any atom is -0.311 e. The van der Waals surface area contributed by atoms with Crippen molar-refractivity contribution in [1.82, 2.24) is 5.32 Å². The Morgan fingerprint density at radius 1 is 1.29 bits per heavy atom. The predicted octanol–water partition coefficient (Wildman–Crippen LogP) is 3.37. The van der Waals surface area contributed by atoms with Crippen LogP contribution in [0.1, 0.15) is 46.0 Å². The van der Waals surface area contributed by atoms with Crippen molar-refractivity contribution < 1.29 is 0 Å². The molecule has 0 saturated heterocycles. The SMILES string of the molecule is C=CC(NCC)C1CCC(CC)CC1. The van der Waals surface area contributed by atoms with Gasteiger partial charge in [-0.05, 0) is 31.2 Å². The van der Waals surface area contributed by atoms with Gasteiger partial charge in [0, 0.05) is 6.04 Å².